The number of hydrogen-bond donors (Lipinski definition) is 1. The molecule has 0 saturated carbocycles. The third-order valence-electron chi connectivity index (χ3n) is 2.60. The van der Waals surface area contributed by atoms with E-state index in [0.717, 1.165) is 10.0 Å². The van der Waals surface area contributed by atoms with E-state index in [0.29, 0.717) is 21.5 Å². The van der Waals surface area contributed by atoms with Gasteiger partial charge in [0.25, 0.3) is 0 Å². The van der Waals surface area contributed by atoms with Crippen LogP contribution in [0.4, 0.5) is 0 Å². The van der Waals surface area contributed by atoms with Gasteiger partial charge in [0.15, 0.2) is 0 Å². The summed E-state index contributed by atoms with van der Waals surface area (Å²) in [6, 6.07) is 10.8. The molecule has 0 saturated heterocycles. The number of nitrogens with two attached hydrogens (primary N) is 1. The monoisotopic (exact) mass is 359 g/mol. The lowest BCUT2D eigenvalue weighted by molar-refractivity contribution is 0.479. The molecule has 0 aliphatic carbocycles. The summed E-state index contributed by atoms with van der Waals surface area (Å²) in [5.41, 5.74) is 6.77. The van der Waals surface area contributed by atoms with Gasteiger partial charge in [-0.2, -0.15) is 0 Å². The lowest BCUT2D eigenvalue weighted by Gasteiger charge is -2.12. The van der Waals surface area contributed by atoms with E-state index in [-0.39, 0.29) is 6.04 Å². The molecule has 0 fully saturated rings. The first-order valence-corrected chi connectivity index (χ1v) is 7.20. The molecule has 0 aliphatic heterocycles. The van der Waals surface area contributed by atoms with Crippen LogP contribution in [0.15, 0.2) is 40.9 Å². The summed E-state index contributed by atoms with van der Waals surface area (Å²) in [5, 5.41) is 1.16. The van der Waals surface area contributed by atoms with E-state index in [1.165, 1.54) is 0 Å². The summed E-state index contributed by atoms with van der Waals surface area (Å²) in [6.07, 6.45) is 0. The Balaban J connectivity index is 2.28. The average Bonchev–Trinajstić information content (AvgIpc) is 2.34. The largest absolute Gasteiger partial charge is 0.455 e. The second-order valence-electron chi connectivity index (χ2n) is 4.16. The third kappa shape index (κ3) is 3.63. The number of benzene rings is 2. The molecule has 2 aromatic carbocycles. The fraction of sp³-hybridized carbons (Fsp3) is 0.143. The molecule has 2 rings (SSSR count). The standard InChI is InChI=1S/C14H12BrCl2NO/c1-8(18)9-2-4-14(12(17)6-9)19-13-5-3-10(16)7-11(13)15/h2-8H,18H2,1H3/t8-/m1/s1. The molecule has 0 aromatic heterocycles. The summed E-state index contributed by atoms with van der Waals surface area (Å²) >= 11 is 15.5. The number of ether oxygens (including phenoxy) is 1. The molecular formula is C14H12BrCl2NO. The molecule has 2 N–H and O–H groups in total. The summed E-state index contributed by atoms with van der Waals surface area (Å²) in [5.74, 6) is 1.23. The Bertz CT molecular complexity index is 602. The van der Waals surface area contributed by atoms with E-state index in [2.05, 4.69) is 15.9 Å². The number of hydrogen-bond acceptors (Lipinski definition) is 2. The van der Waals surface area contributed by atoms with Crippen molar-refractivity contribution in [2.45, 2.75) is 13.0 Å². The quantitative estimate of drug-likeness (QED) is 0.776. The summed E-state index contributed by atoms with van der Waals surface area (Å²) in [7, 11) is 0. The molecule has 5 heteroatoms. The van der Waals surface area contributed by atoms with Gasteiger partial charge in [0.1, 0.15) is 11.5 Å². The minimum absolute atomic E-state index is 0.0613. The molecule has 19 heavy (non-hydrogen) atoms. The van der Waals surface area contributed by atoms with Crippen LogP contribution in [0.5, 0.6) is 11.5 Å². The number of rotatable bonds is 3. The van der Waals surface area contributed by atoms with Crippen molar-refractivity contribution in [2.75, 3.05) is 0 Å². The fourth-order valence-electron chi connectivity index (χ4n) is 1.56. The minimum atomic E-state index is -0.0613. The van der Waals surface area contributed by atoms with Crippen molar-refractivity contribution in [2.24, 2.45) is 5.73 Å². The zero-order chi connectivity index (χ0) is 14.0. The first-order chi connectivity index (χ1) is 8.97. The molecule has 0 heterocycles. The predicted molar refractivity (Wildman–Crippen MR) is 83.3 cm³/mol. The van der Waals surface area contributed by atoms with Crippen LogP contribution in [-0.4, -0.2) is 0 Å². The highest BCUT2D eigenvalue weighted by atomic mass is 79.9. The maximum Gasteiger partial charge on any atom is 0.146 e. The Morgan fingerprint density at radius 2 is 1.79 bits per heavy atom. The van der Waals surface area contributed by atoms with Crippen molar-refractivity contribution >= 4 is 39.1 Å². The Hall–Kier alpha value is -0.740. The average molecular weight is 361 g/mol. The van der Waals surface area contributed by atoms with Crippen LogP contribution in [0.1, 0.15) is 18.5 Å². The van der Waals surface area contributed by atoms with Crippen LogP contribution in [0.2, 0.25) is 10.0 Å². The lowest BCUT2D eigenvalue weighted by atomic mass is 10.1. The van der Waals surface area contributed by atoms with Crippen molar-refractivity contribution in [1.29, 1.82) is 0 Å². The molecule has 0 amide bonds. The lowest BCUT2D eigenvalue weighted by Crippen LogP contribution is -2.04. The molecule has 0 unspecified atom stereocenters. The van der Waals surface area contributed by atoms with Crippen LogP contribution in [0.25, 0.3) is 0 Å². The van der Waals surface area contributed by atoms with Gasteiger partial charge in [-0.25, -0.2) is 0 Å². The minimum Gasteiger partial charge on any atom is -0.455 e. The summed E-state index contributed by atoms with van der Waals surface area (Å²) < 4.78 is 6.52. The SMILES string of the molecule is C[C@@H](N)c1ccc(Oc2ccc(Cl)cc2Br)c(Cl)c1. The highest BCUT2D eigenvalue weighted by molar-refractivity contribution is 9.10. The second kappa shape index (κ2) is 6.14. The first-order valence-electron chi connectivity index (χ1n) is 5.65. The van der Waals surface area contributed by atoms with Crippen LogP contribution in [0, 0.1) is 0 Å². The van der Waals surface area contributed by atoms with Crippen molar-refractivity contribution in [3.05, 3.63) is 56.5 Å². The van der Waals surface area contributed by atoms with Gasteiger partial charge in [-0.05, 0) is 58.7 Å². The maximum absolute atomic E-state index is 6.19. The highest BCUT2D eigenvalue weighted by Crippen LogP contribution is 2.35. The van der Waals surface area contributed by atoms with Gasteiger partial charge in [-0.15, -0.1) is 0 Å². The molecule has 100 valence electrons. The molecule has 0 radical (unpaired) electrons. The van der Waals surface area contributed by atoms with Gasteiger partial charge in [0, 0.05) is 11.1 Å². The van der Waals surface area contributed by atoms with Gasteiger partial charge >= 0.3 is 0 Å². The smallest absolute Gasteiger partial charge is 0.146 e. The van der Waals surface area contributed by atoms with Crippen molar-refractivity contribution in [3.63, 3.8) is 0 Å². The van der Waals surface area contributed by atoms with Gasteiger partial charge in [-0.1, -0.05) is 29.3 Å². The van der Waals surface area contributed by atoms with Crippen molar-refractivity contribution < 1.29 is 4.74 Å². The molecular weight excluding hydrogens is 349 g/mol. The van der Waals surface area contributed by atoms with E-state index < -0.39 is 0 Å². The van der Waals surface area contributed by atoms with Gasteiger partial charge in [0.2, 0.25) is 0 Å². The highest BCUT2D eigenvalue weighted by Gasteiger charge is 2.09. The Morgan fingerprint density at radius 3 is 2.37 bits per heavy atom. The third-order valence-corrected chi connectivity index (χ3v) is 3.75. The van der Waals surface area contributed by atoms with Crippen LogP contribution in [0.3, 0.4) is 0 Å². The van der Waals surface area contributed by atoms with Crippen LogP contribution >= 0.6 is 39.1 Å². The molecule has 2 aromatic rings. The Morgan fingerprint density at radius 1 is 1.11 bits per heavy atom. The summed E-state index contributed by atoms with van der Waals surface area (Å²) in [6.45, 7) is 1.90. The van der Waals surface area contributed by atoms with Crippen molar-refractivity contribution in [1.82, 2.24) is 0 Å². The summed E-state index contributed by atoms with van der Waals surface area (Å²) in [4.78, 5) is 0. The zero-order valence-corrected chi connectivity index (χ0v) is 13.3. The molecule has 0 bridgehead atoms. The molecule has 2 nitrogen and oxygen atoms in total. The molecule has 0 spiro atoms. The zero-order valence-electron chi connectivity index (χ0n) is 10.2. The van der Waals surface area contributed by atoms with E-state index in [1.807, 2.05) is 25.1 Å². The Kier molecular flexibility index (Phi) is 4.74. The van der Waals surface area contributed by atoms with E-state index in [4.69, 9.17) is 33.7 Å². The van der Waals surface area contributed by atoms with Gasteiger partial charge in [0.05, 0.1) is 9.50 Å². The van der Waals surface area contributed by atoms with Crippen LogP contribution < -0.4 is 10.5 Å². The van der Waals surface area contributed by atoms with E-state index >= 15 is 0 Å². The normalized spacial score (nSPS) is 12.3. The van der Waals surface area contributed by atoms with Crippen molar-refractivity contribution in [3.8, 4) is 11.5 Å². The van der Waals surface area contributed by atoms with E-state index in [1.54, 1.807) is 18.2 Å². The van der Waals surface area contributed by atoms with Crippen LogP contribution in [-0.2, 0) is 0 Å². The second-order valence-corrected chi connectivity index (χ2v) is 5.85. The van der Waals surface area contributed by atoms with Gasteiger partial charge < -0.3 is 10.5 Å². The predicted octanol–water partition coefficient (Wildman–Crippen LogP) is 5.57. The van der Waals surface area contributed by atoms with E-state index in [9.17, 15) is 0 Å². The first kappa shape index (κ1) is 14.7. The number of halogens is 3. The maximum atomic E-state index is 6.19. The molecule has 0 aliphatic rings. The Labute approximate surface area is 130 Å². The fourth-order valence-corrected chi connectivity index (χ4v) is 2.55. The topological polar surface area (TPSA) is 35.2 Å². The van der Waals surface area contributed by atoms with Gasteiger partial charge in [-0.3, -0.25) is 0 Å². The molecule has 1 atom stereocenters.